The summed E-state index contributed by atoms with van der Waals surface area (Å²) in [6.45, 7) is 1.04. The lowest BCUT2D eigenvalue weighted by Gasteiger charge is -2.36. The first-order valence-corrected chi connectivity index (χ1v) is 11.1. The Kier molecular flexibility index (Phi) is 7.24. The van der Waals surface area contributed by atoms with Crippen molar-refractivity contribution in [1.29, 1.82) is 0 Å². The van der Waals surface area contributed by atoms with E-state index in [1.807, 2.05) is 35.2 Å². The highest BCUT2D eigenvalue weighted by Crippen LogP contribution is 2.23. The Morgan fingerprint density at radius 1 is 0.829 bits per heavy atom. The van der Waals surface area contributed by atoms with Gasteiger partial charge in [-0.3, -0.25) is 9.59 Å². The lowest BCUT2D eigenvalue weighted by Crippen LogP contribution is -2.52. The summed E-state index contributed by atoms with van der Waals surface area (Å²) < 4.78 is 43.5. The van der Waals surface area contributed by atoms with Gasteiger partial charge in [-0.05, 0) is 54.1 Å². The Morgan fingerprint density at radius 2 is 1.46 bits per heavy atom. The predicted molar refractivity (Wildman–Crippen MR) is 126 cm³/mol. The van der Waals surface area contributed by atoms with Crippen LogP contribution in [0.15, 0.2) is 78.9 Å². The second-order valence-electron chi connectivity index (χ2n) is 8.08. The van der Waals surface area contributed by atoms with Crippen LogP contribution in [0, 0.1) is 0 Å². The number of rotatable bonds is 6. The third-order valence-electron chi connectivity index (χ3n) is 5.66. The van der Waals surface area contributed by atoms with E-state index in [-0.39, 0.29) is 19.0 Å². The molecule has 6 nitrogen and oxygen atoms in total. The van der Waals surface area contributed by atoms with Crippen molar-refractivity contribution in [3.63, 3.8) is 0 Å². The molecule has 3 aromatic carbocycles. The van der Waals surface area contributed by atoms with Crippen LogP contribution in [0.5, 0.6) is 5.75 Å². The lowest BCUT2D eigenvalue weighted by atomic mass is 10.2. The Hall–Kier alpha value is -4.01. The highest BCUT2D eigenvalue weighted by molar-refractivity contribution is 6.04. The monoisotopic (exact) mass is 483 g/mol. The largest absolute Gasteiger partial charge is 0.489 e. The number of ether oxygens (including phenoxy) is 1. The van der Waals surface area contributed by atoms with Crippen LogP contribution in [-0.4, -0.2) is 49.1 Å². The molecular weight excluding hydrogens is 459 g/mol. The lowest BCUT2D eigenvalue weighted by molar-refractivity contribution is -0.185. The predicted octanol–water partition coefficient (Wildman–Crippen LogP) is 4.73. The molecule has 0 spiro atoms. The number of hydrogen-bond acceptors (Lipinski definition) is 4. The number of halogens is 3. The summed E-state index contributed by atoms with van der Waals surface area (Å²) in [4.78, 5) is 26.7. The number of alkyl halides is 3. The fourth-order valence-corrected chi connectivity index (χ4v) is 3.75. The molecule has 35 heavy (non-hydrogen) atoms. The maximum absolute atomic E-state index is 12.6. The number of carbonyl (C=O) groups excluding carboxylic acids is 2. The van der Waals surface area contributed by atoms with Crippen molar-refractivity contribution in [2.75, 3.05) is 36.4 Å². The van der Waals surface area contributed by atoms with Crippen LogP contribution in [0.2, 0.25) is 0 Å². The van der Waals surface area contributed by atoms with Crippen LogP contribution in [0.4, 0.5) is 24.5 Å². The molecule has 0 aromatic heterocycles. The first kappa shape index (κ1) is 24.1. The third-order valence-corrected chi connectivity index (χ3v) is 5.66. The highest BCUT2D eigenvalue weighted by Gasteiger charge is 2.43. The van der Waals surface area contributed by atoms with Crippen molar-refractivity contribution in [2.24, 2.45) is 0 Å². The molecule has 182 valence electrons. The average Bonchev–Trinajstić information content (AvgIpc) is 2.88. The summed E-state index contributed by atoms with van der Waals surface area (Å²) in [6, 6.07) is 23.7. The fourth-order valence-electron chi connectivity index (χ4n) is 3.75. The first-order chi connectivity index (χ1) is 16.8. The molecule has 0 radical (unpaired) electrons. The van der Waals surface area contributed by atoms with E-state index >= 15 is 0 Å². The molecule has 1 saturated heterocycles. The number of nitrogens with one attached hydrogen (secondary N) is 1. The van der Waals surface area contributed by atoms with Crippen LogP contribution < -0.4 is 15.0 Å². The number of carbonyl (C=O) groups is 2. The molecule has 1 N–H and O–H groups in total. The summed E-state index contributed by atoms with van der Waals surface area (Å²) in [7, 11) is 0. The molecule has 3 aromatic rings. The third kappa shape index (κ3) is 6.32. The SMILES string of the molecule is O=C(Nc1ccc(N2CCN(C(=O)C(F)(F)F)CC2)cc1)c1ccc(OCc2ccccc2)cc1. The van der Waals surface area contributed by atoms with Crippen molar-refractivity contribution < 1.29 is 27.5 Å². The van der Waals surface area contributed by atoms with Gasteiger partial charge in [-0.2, -0.15) is 13.2 Å². The summed E-state index contributed by atoms with van der Waals surface area (Å²) in [5.41, 5.74) is 2.93. The van der Waals surface area contributed by atoms with Gasteiger partial charge in [-0.1, -0.05) is 30.3 Å². The van der Waals surface area contributed by atoms with Gasteiger partial charge in [-0.15, -0.1) is 0 Å². The van der Waals surface area contributed by atoms with E-state index < -0.39 is 12.1 Å². The van der Waals surface area contributed by atoms with Crippen molar-refractivity contribution in [3.8, 4) is 5.75 Å². The maximum Gasteiger partial charge on any atom is 0.471 e. The van der Waals surface area contributed by atoms with Gasteiger partial charge in [0.15, 0.2) is 0 Å². The molecule has 1 aliphatic heterocycles. The van der Waals surface area contributed by atoms with Gasteiger partial charge in [0.05, 0.1) is 0 Å². The first-order valence-electron chi connectivity index (χ1n) is 11.1. The van der Waals surface area contributed by atoms with E-state index in [1.165, 1.54) is 0 Å². The van der Waals surface area contributed by atoms with E-state index in [4.69, 9.17) is 4.74 Å². The number of benzene rings is 3. The van der Waals surface area contributed by atoms with Crippen LogP contribution in [0.25, 0.3) is 0 Å². The summed E-state index contributed by atoms with van der Waals surface area (Å²) in [5.74, 6) is -1.41. The van der Waals surface area contributed by atoms with Gasteiger partial charge in [0.2, 0.25) is 0 Å². The number of hydrogen-bond donors (Lipinski definition) is 1. The highest BCUT2D eigenvalue weighted by atomic mass is 19.4. The summed E-state index contributed by atoms with van der Waals surface area (Å²) in [5, 5.41) is 2.83. The number of anilines is 2. The quantitative estimate of drug-likeness (QED) is 0.551. The van der Waals surface area contributed by atoms with Crippen LogP contribution in [-0.2, 0) is 11.4 Å². The van der Waals surface area contributed by atoms with Crippen LogP contribution >= 0.6 is 0 Å². The normalized spacial score (nSPS) is 13.9. The molecule has 4 rings (SSSR count). The van der Waals surface area contributed by atoms with Crippen molar-refractivity contribution >= 4 is 23.2 Å². The molecule has 0 bridgehead atoms. The second-order valence-corrected chi connectivity index (χ2v) is 8.08. The minimum Gasteiger partial charge on any atom is -0.489 e. The smallest absolute Gasteiger partial charge is 0.471 e. The average molecular weight is 483 g/mol. The van der Waals surface area contributed by atoms with Gasteiger partial charge in [-0.25, -0.2) is 0 Å². The molecule has 0 atom stereocenters. The zero-order valence-corrected chi connectivity index (χ0v) is 18.8. The molecule has 2 amide bonds. The number of amides is 2. The second kappa shape index (κ2) is 10.5. The molecule has 0 aliphatic carbocycles. The standard InChI is InChI=1S/C26H24F3N3O3/c27-26(28,29)25(34)32-16-14-31(15-17-32)22-10-8-21(9-11-22)30-24(33)20-6-12-23(13-7-20)35-18-19-4-2-1-3-5-19/h1-13H,14-18H2,(H,30,33). The molecule has 9 heteroatoms. The van der Waals surface area contributed by atoms with Crippen LogP contribution in [0.1, 0.15) is 15.9 Å². The summed E-state index contributed by atoms with van der Waals surface area (Å²) in [6.07, 6.45) is -4.85. The minimum absolute atomic E-state index is 0.00187. The van der Waals surface area contributed by atoms with Gasteiger partial charge >= 0.3 is 12.1 Å². The number of nitrogens with zero attached hydrogens (tertiary/aromatic N) is 2. The number of piperazine rings is 1. The Balaban J connectivity index is 1.28. The van der Waals surface area contributed by atoms with E-state index in [9.17, 15) is 22.8 Å². The Morgan fingerprint density at radius 3 is 2.06 bits per heavy atom. The topological polar surface area (TPSA) is 61.9 Å². The van der Waals surface area contributed by atoms with Crippen LogP contribution in [0.3, 0.4) is 0 Å². The molecule has 1 heterocycles. The van der Waals surface area contributed by atoms with Gasteiger partial charge < -0.3 is 19.9 Å². The Labute approximate surface area is 200 Å². The van der Waals surface area contributed by atoms with Crippen molar-refractivity contribution in [1.82, 2.24) is 4.90 Å². The molecule has 0 saturated carbocycles. The molecule has 1 aliphatic rings. The van der Waals surface area contributed by atoms with Gasteiger partial charge in [0, 0.05) is 43.1 Å². The molecular formula is C26H24F3N3O3. The summed E-state index contributed by atoms with van der Waals surface area (Å²) >= 11 is 0. The van der Waals surface area contributed by atoms with Gasteiger partial charge in [0.1, 0.15) is 12.4 Å². The van der Waals surface area contributed by atoms with Crippen molar-refractivity contribution in [2.45, 2.75) is 12.8 Å². The molecule has 1 fully saturated rings. The van der Waals surface area contributed by atoms with E-state index in [2.05, 4.69) is 5.32 Å². The van der Waals surface area contributed by atoms with Gasteiger partial charge in [0.25, 0.3) is 5.91 Å². The molecule has 0 unspecified atom stereocenters. The zero-order chi connectivity index (χ0) is 24.8. The zero-order valence-electron chi connectivity index (χ0n) is 18.8. The Bertz CT molecular complexity index is 1140. The minimum atomic E-state index is -4.85. The van der Waals surface area contributed by atoms with E-state index in [1.54, 1.807) is 48.5 Å². The van der Waals surface area contributed by atoms with Crippen molar-refractivity contribution in [3.05, 3.63) is 90.0 Å². The maximum atomic E-state index is 12.6. The van der Waals surface area contributed by atoms with E-state index in [0.29, 0.717) is 36.7 Å². The fraction of sp³-hybridized carbons (Fsp3) is 0.231. The van der Waals surface area contributed by atoms with E-state index in [0.717, 1.165) is 16.2 Å².